The van der Waals surface area contributed by atoms with Crippen LogP contribution in [0.1, 0.15) is 23.3 Å². The summed E-state index contributed by atoms with van der Waals surface area (Å²) in [4.78, 5) is 31.1. The first kappa shape index (κ1) is 13.3. The van der Waals surface area contributed by atoms with E-state index in [1.165, 1.54) is 11.1 Å². The molecule has 0 radical (unpaired) electrons. The first-order valence-electron chi connectivity index (χ1n) is 6.32. The molecule has 2 N–H and O–H groups in total. The van der Waals surface area contributed by atoms with Crippen LogP contribution in [-0.2, 0) is 4.79 Å². The normalized spacial score (nSPS) is 14.5. The van der Waals surface area contributed by atoms with E-state index in [9.17, 15) is 9.59 Å². The van der Waals surface area contributed by atoms with E-state index in [0.29, 0.717) is 11.4 Å². The highest BCUT2D eigenvalue weighted by atomic mass is 16.2. The summed E-state index contributed by atoms with van der Waals surface area (Å²) in [5.74, 6) is -0.281. The van der Waals surface area contributed by atoms with Crippen LogP contribution in [0.4, 0.5) is 5.69 Å². The van der Waals surface area contributed by atoms with E-state index >= 15 is 0 Å². The average Bonchev–Trinajstić information content (AvgIpc) is 2.92. The molecule has 0 unspecified atom stereocenters. The zero-order valence-corrected chi connectivity index (χ0v) is 11.0. The Kier molecular flexibility index (Phi) is 3.99. The molecule has 0 spiro atoms. The SMILES string of the molecule is CN(CC(=O)N1CCCC1)C(=O)c1ccc(N)cn1. The molecule has 2 heterocycles. The van der Waals surface area contributed by atoms with E-state index in [4.69, 9.17) is 5.73 Å². The second-order valence-corrected chi connectivity index (χ2v) is 4.73. The van der Waals surface area contributed by atoms with E-state index in [1.54, 1.807) is 24.1 Å². The van der Waals surface area contributed by atoms with Gasteiger partial charge in [0.15, 0.2) is 0 Å². The molecule has 1 aliphatic heterocycles. The van der Waals surface area contributed by atoms with Crippen LogP contribution < -0.4 is 5.73 Å². The standard InChI is InChI=1S/C13H18N4O2/c1-16(9-12(18)17-6-2-3-7-17)13(19)11-5-4-10(14)8-15-11/h4-5,8H,2-3,6-7,9,14H2,1H3. The van der Waals surface area contributed by atoms with Crippen molar-refractivity contribution in [2.75, 3.05) is 32.4 Å². The maximum Gasteiger partial charge on any atom is 0.272 e. The Balaban J connectivity index is 1.95. The third-order valence-electron chi connectivity index (χ3n) is 3.18. The van der Waals surface area contributed by atoms with Crippen LogP contribution in [0.15, 0.2) is 18.3 Å². The topological polar surface area (TPSA) is 79.5 Å². The van der Waals surface area contributed by atoms with Gasteiger partial charge in [0.1, 0.15) is 5.69 Å². The molecule has 2 amide bonds. The lowest BCUT2D eigenvalue weighted by atomic mass is 10.3. The van der Waals surface area contributed by atoms with E-state index in [0.717, 1.165) is 25.9 Å². The molecule has 1 aliphatic rings. The molecular formula is C13H18N4O2. The second kappa shape index (κ2) is 5.69. The fourth-order valence-electron chi connectivity index (χ4n) is 2.07. The van der Waals surface area contributed by atoms with Gasteiger partial charge in [0.25, 0.3) is 5.91 Å². The molecule has 1 fully saturated rings. The number of carbonyl (C=O) groups is 2. The Morgan fingerprint density at radius 2 is 2.05 bits per heavy atom. The van der Waals surface area contributed by atoms with Crippen LogP contribution in [0.25, 0.3) is 0 Å². The summed E-state index contributed by atoms with van der Waals surface area (Å²) in [5.41, 5.74) is 6.32. The van der Waals surface area contributed by atoms with Gasteiger partial charge in [-0.1, -0.05) is 0 Å². The zero-order valence-electron chi connectivity index (χ0n) is 11.0. The molecule has 0 atom stereocenters. The Morgan fingerprint density at radius 3 is 2.63 bits per heavy atom. The summed E-state index contributed by atoms with van der Waals surface area (Å²) >= 11 is 0. The molecule has 0 aromatic carbocycles. The second-order valence-electron chi connectivity index (χ2n) is 4.73. The van der Waals surface area contributed by atoms with Gasteiger partial charge in [0, 0.05) is 20.1 Å². The largest absolute Gasteiger partial charge is 0.397 e. The van der Waals surface area contributed by atoms with E-state index in [-0.39, 0.29) is 18.4 Å². The van der Waals surface area contributed by atoms with Crippen LogP contribution in [0.2, 0.25) is 0 Å². The van der Waals surface area contributed by atoms with Crippen molar-refractivity contribution >= 4 is 17.5 Å². The van der Waals surface area contributed by atoms with Gasteiger partial charge in [-0.15, -0.1) is 0 Å². The molecule has 0 saturated carbocycles. The highest BCUT2D eigenvalue weighted by molar-refractivity contribution is 5.94. The van der Waals surface area contributed by atoms with Gasteiger partial charge < -0.3 is 15.5 Å². The van der Waals surface area contributed by atoms with Crippen LogP contribution in [0, 0.1) is 0 Å². The van der Waals surface area contributed by atoms with Crippen molar-refractivity contribution in [1.82, 2.24) is 14.8 Å². The van der Waals surface area contributed by atoms with Crippen LogP contribution in [0.3, 0.4) is 0 Å². The summed E-state index contributed by atoms with van der Waals surface area (Å²) in [6.07, 6.45) is 3.52. The van der Waals surface area contributed by atoms with Gasteiger partial charge in [-0.05, 0) is 25.0 Å². The number of aromatic nitrogens is 1. The van der Waals surface area contributed by atoms with Gasteiger partial charge in [-0.25, -0.2) is 4.98 Å². The van der Waals surface area contributed by atoms with E-state index < -0.39 is 0 Å². The molecule has 2 rings (SSSR count). The summed E-state index contributed by atoms with van der Waals surface area (Å²) in [6.45, 7) is 1.67. The lowest BCUT2D eigenvalue weighted by Gasteiger charge is -2.21. The van der Waals surface area contributed by atoms with E-state index in [2.05, 4.69) is 4.98 Å². The number of hydrogen-bond acceptors (Lipinski definition) is 4. The summed E-state index contributed by atoms with van der Waals surface area (Å²) < 4.78 is 0. The number of carbonyl (C=O) groups excluding carboxylic acids is 2. The summed E-state index contributed by atoms with van der Waals surface area (Å²) in [6, 6.07) is 3.19. The van der Waals surface area contributed by atoms with Crippen molar-refractivity contribution < 1.29 is 9.59 Å². The van der Waals surface area contributed by atoms with Gasteiger partial charge in [-0.2, -0.15) is 0 Å². The molecule has 1 saturated heterocycles. The molecule has 19 heavy (non-hydrogen) atoms. The van der Waals surface area contributed by atoms with Crippen molar-refractivity contribution in [3.8, 4) is 0 Å². The lowest BCUT2D eigenvalue weighted by Crippen LogP contribution is -2.40. The van der Waals surface area contributed by atoms with Crippen LogP contribution in [-0.4, -0.2) is 53.3 Å². The number of nitrogen functional groups attached to an aromatic ring is 1. The van der Waals surface area contributed by atoms with Gasteiger partial charge >= 0.3 is 0 Å². The number of likely N-dealkylation sites (tertiary alicyclic amines) is 1. The quantitative estimate of drug-likeness (QED) is 0.853. The fourth-order valence-corrected chi connectivity index (χ4v) is 2.07. The van der Waals surface area contributed by atoms with Crippen molar-refractivity contribution in [2.45, 2.75) is 12.8 Å². The van der Waals surface area contributed by atoms with Crippen molar-refractivity contribution in [2.24, 2.45) is 0 Å². The zero-order chi connectivity index (χ0) is 13.8. The highest BCUT2D eigenvalue weighted by Gasteiger charge is 2.22. The number of amides is 2. The molecule has 1 aromatic rings. The average molecular weight is 262 g/mol. The monoisotopic (exact) mass is 262 g/mol. The predicted molar refractivity (Wildman–Crippen MR) is 71.4 cm³/mol. The molecule has 1 aromatic heterocycles. The van der Waals surface area contributed by atoms with Crippen LogP contribution >= 0.6 is 0 Å². The molecule has 0 aliphatic carbocycles. The van der Waals surface area contributed by atoms with Crippen molar-refractivity contribution in [3.05, 3.63) is 24.0 Å². The maximum absolute atomic E-state index is 12.1. The first-order chi connectivity index (χ1) is 9.08. The minimum atomic E-state index is -0.271. The predicted octanol–water partition coefficient (Wildman–Crippen LogP) is 0.358. The highest BCUT2D eigenvalue weighted by Crippen LogP contribution is 2.09. The number of hydrogen-bond donors (Lipinski definition) is 1. The molecule has 0 bridgehead atoms. The molecule has 102 valence electrons. The van der Waals surface area contributed by atoms with Crippen molar-refractivity contribution in [1.29, 1.82) is 0 Å². The van der Waals surface area contributed by atoms with Crippen molar-refractivity contribution in [3.63, 3.8) is 0 Å². The smallest absolute Gasteiger partial charge is 0.272 e. The fraction of sp³-hybridized carbons (Fsp3) is 0.462. The third kappa shape index (κ3) is 3.21. The first-order valence-corrected chi connectivity index (χ1v) is 6.32. The minimum absolute atomic E-state index is 0.0104. The lowest BCUT2D eigenvalue weighted by molar-refractivity contribution is -0.130. The summed E-state index contributed by atoms with van der Waals surface area (Å²) in [7, 11) is 1.61. The Morgan fingerprint density at radius 1 is 1.37 bits per heavy atom. The Hall–Kier alpha value is -2.11. The number of pyridine rings is 1. The van der Waals surface area contributed by atoms with Crippen LogP contribution in [0.5, 0.6) is 0 Å². The van der Waals surface area contributed by atoms with Gasteiger partial charge in [-0.3, -0.25) is 9.59 Å². The molecule has 6 nitrogen and oxygen atoms in total. The Labute approximate surface area is 112 Å². The van der Waals surface area contributed by atoms with E-state index in [1.807, 2.05) is 0 Å². The number of nitrogens with two attached hydrogens (primary N) is 1. The van der Waals surface area contributed by atoms with Gasteiger partial charge in [0.2, 0.25) is 5.91 Å². The summed E-state index contributed by atoms with van der Waals surface area (Å²) in [5, 5.41) is 0. The number of likely N-dealkylation sites (N-methyl/N-ethyl adjacent to an activating group) is 1. The minimum Gasteiger partial charge on any atom is -0.397 e. The third-order valence-corrected chi connectivity index (χ3v) is 3.18. The Bertz CT molecular complexity index is 466. The number of nitrogens with zero attached hydrogens (tertiary/aromatic N) is 3. The number of anilines is 1. The van der Waals surface area contributed by atoms with Gasteiger partial charge in [0.05, 0.1) is 18.4 Å². The number of rotatable bonds is 3. The maximum atomic E-state index is 12.1. The molecule has 6 heteroatoms. The molecular weight excluding hydrogens is 244 g/mol.